The molecule has 3 aromatic carbocycles. The van der Waals surface area contributed by atoms with Gasteiger partial charge >= 0.3 is 0 Å². The van der Waals surface area contributed by atoms with E-state index in [0.717, 1.165) is 27.7 Å². The fourth-order valence-electron chi connectivity index (χ4n) is 4.91. The largest absolute Gasteiger partial charge is 0.304 e. The van der Waals surface area contributed by atoms with E-state index in [2.05, 4.69) is 0 Å². The van der Waals surface area contributed by atoms with Gasteiger partial charge in [-0.05, 0) is 55.7 Å². The van der Waals surface area contributed by atoms with Crippen molar-refractivity contribution in [2.45, 2.75) is 32.2 Å². The van der Waals surface area contributed by atoms with Crippen LogP contribution in [0.4, 0.5) is 15.8 Å². The van der Waals surface area contributed by atoms with Crippen LogP contribution >= 0.6 is 0 Å². The zero-order chi connectivity index (χ0) is 24.4. The van der Waals surface area contributed by atoms with Crippen LogP contribution < -0.4 is 9.80 Å². The van der Waals surface area contributed by atoms with Gasteiger partial charge in [0.15, 0.2) is 9.84 Å². The maximum Gasteiger partial charge on any atom is 0.274 e. The summed E-state index contributed by atoms with van der Waals surface area (Å²) in [6, 6.07) is 16.5. The van der Waals surface area contributed by atoms with Gasteiger partial charge in [0.1, 0.15) is 11.6 Å². The number of halogens is 1. The van der Waals surface area contributed by atoms with E-state index in [1.807, 2.05) is 32.0 Å². The van der Waals surface area contributed by atoms with E-state index in [4.69, 9.17) is 0 Å². The second-order valence-electron chi connectivity index (χ2n) is 8.90. The highest BCUT2D eigenvalue weighted by molar-refractivity contribution is 7.94. The number of amides is 2. The summed E-state index contributed by atoms with van der Waals surface area (Å²) in [5.41, 5.74) is 3.85. The molecule has 174 valence electrons. The summed E-state index contributed by atoms with van der Waals surface area (Å²) in [4.78, 5) is 27.4. The molecule has 1 spiro atoms. The van der Waals surface area contributed by atoms with E-state index in [0.29, 0.717) is 11.3 Å². The molecule has 0 bridgehead atoms. The minimum absolute atomic E-state index is 0.0333. The summed E-state index contributed by atoms with van der Waals surface area (Å²) in [6.45, 7) is 5.58. The van der Waals surface area contributed by atoms with Gasteiger partial charge < -0.3 is 4.90 Å². The van der Waals surface area contributed by atoms with Crippen LogP contribution in [0.25, 0.3) is 0 Å². The van der Waals surface area contributed by atoms with Gasteiger partial charge in [0.25, 0.3) is 10.8 Å². The Morgan fingerprint density at radius 3 is 2.38 bits per heavy atom. The highest BCUT2D eigenvalue weighted by atomic mass is 32.2. The van der Waals surface area contributed by atoms with E-state index in [9.17, 15) is 22.4 Å². The SMILES string of the molecule is Cc1ccc(C)c(CN2C(=O)[C@@]3(c4ccccc42)N(c2ccc(C)c(F)c2)C(=O)CS3(=O)=O)c1. The molecular weight excluding hydrogens is 455 g/mol. The van der Waals surface area contributed by atoms with Crippen LogP contribution in [0.5, 0.6) is 0 Å². The van der Waals surface area contributed by atoms with Crippen LogP contribution in [0.15, 0.2) is 60.7 Å². The molecule has 2 heterocycles. The Bertz CT molecular complexity index is 1480. The highest BCUT2D eigenvalue weighted by Crippen LogP contribution is 2.52. The van der Waals surface area contributed by atoms with Crippen molar-refractivity contribution in [3.05, 3.63) is 94.3 Å². The van der Waals surface area contributed by atoms with E-state index >= 15 is 0 Å². The Morgan fingerprint density at radius 2 is 1.65 bits per heavy atom. The first-order chi connectivity index (χ1) is 16.1. The maximum absolute atomic E-state index is 14.5. The molecule has 1 atom stereocenters. The van der Waals surface area contributed by atoms with E-state index in [1.165, 1.54) is 17.0 Å². The lowest BCUT2D eigenvalue weighted by Gasteiger charge is -2.32. The molecule has 6 nitrogen and oxygen atoms in total. The fourth-order valence-corrected chi connectivity index (χ4v) is 6.94. The maximum atomic E-state index is 14.5. The molecule has 2 aliphatic heterocycles. The minimum atomic E-state index is -4.30. The van der Waals surface area contributed by atoms with Crippen LogP contribution in [0.1, 0.15) is 27.8 Å². The smallest absolute Gasteiger partial charge is 0.274 e. The lowest BCUT2D eigenvalue weighted by atomic mass is 10.0. The molecule has 5 rings (SSSR count). The second-order valence-corrected chi connectivity index (χ2v) is 11.0. The van der Waals surface area contributed by atoms with Gasteiger partial charge in [0.05, 0.1) is 12.2 Å². The molecule has 0 saturated carbocycles. The number of aryl methyl sites for hydroxylation is 3. The molecule has 8 heteroatoms. The van der Waals surface area contributed by atoms with Gasteiger partial charge in [0.2, 0.25) is 5.91 Å². The number of benzene rings is 3. The van der Waals surface area contributed by atoms with Crippen molar-refractivity contribution < 1.29 is 22.4 Å². The summed E-state index contributed by atoms with van der Waals surface area (Å²) < 4.78 is 41.7. The summed E-state index contributed by atoms with van der Waals surface area (Å²) >= 11 is 0. The second kappa shape index (κ2) is 7.50. The Hall–Kier alpha value is -3.52. The Labute approximate surface area is 197 Å². The van der Waals surface area contributed by atoms with E-state index in [1.54, 1.807) is 31.2 Å². The third kappa shape index (κ3) is 2.94. The van der Waals surface area contributed by atoms with Gasteiger partial charge in [-0.15, -0.1) is 0 Å². The fraction of sp³-hybridized carbons (Fsp3) is 0.231. The standard InChI is InChI=1S/C26H23FN2O4S/c1-16-8-9-17(2)19(12-16)14-28-23-7-5-4-6-21(23)26(25(28)31)29(24(30)15-34(26,32)33)20-11-10-18(3)22(27)13-20/h4-13H,14-15H2,1-3H3/t26-/m0/s1. The lowest BCUT2D eigenvalue weighted by molar-refractivity contribution is -0.123. The molecule has 0 unspecified atom stereocenters. The summed E-state index contributed by atoms with van der Waals surface area (Å²) in [7, 11) is -4.30. The zero-order valence-electron chi connectivity index (χ0n) is 19.0. The van der Waals surface area contributed by atoms with Crippen LogP contribution in [-0.4, -0.2) is 26.0 Å². The Morgan fingerprint density at radius 1 is 0.941 bits per heavy atom. The van der Waals surface area contributed by atoms with Crippen LogP contribution in [0.2, 0.25) is 0 Å². The van der Waals surface area contributed by atoms with Crippen molar-refractivity contribution >= 4 is 33.0 Å². The molecule has 2 aliphatic rings. The predicted molar refractivity (Wildman–Crippen MR) is 128 cm³/mol. The third-order valence-corrected chi connectivity index (χ3v) is 8.77. The Balaban J connectivity index is 1.75. The number of hydrogen-bond donors (Lipinski definition) is 0. The molecule has 0 radical (unpaired) electrons. The van der Waals surface area contributed by atoms with Gasteiger partial charge in [-0.3, -0.25) is 14.5 Å². The molecule has 2 amide bonds. The van der Waals surface area contributed by atoms with Crippen LogP contribution in [-0.2, 0) is 30.8 Å². The average Bonchev–Trinajstić information content (AvgIpc) is 3.15. The zero-order valence-corrected chi connectivity index (χ0v) is 19.8. The first-order valence-corrected chi connectivity index (χ1v) is 12.5. The molecule has 3 aromatic rings. The number of rotatable bonds is 3. The van der Waals surface area contributed by atoms with Gasteiger partial charge in [-0.25, -0.2) is 12.8 Å². The number of sulfone groups is 1. The number of anilines is 2. The number of carbonyl (C=O) groups excluding carboxylic acids is 2. The average molecular weight is 479 g/mol. The molecule has 34 heavy (non-hydrogen) atoms. The van der Waals surface area contributed by atoms with Gasteiger partial charge in [-0.2, -0.15) is 0 Å². The first kappa shape index (κ1) is 22.3. The third-order valence-electron chi connectivity index (χ3n) is 6.67. The summed E-state index contributed by atoms with van der Waals surface area (Å²) in [6.07, 6.45) is 0. The predicted octanol–water partition coefficient (Wildman–Crippen LogP) is 3.91. The number of fused-ring (bicyclic) bond motifs is 2. The lowest BCUT2D eigenvalue weighted by Crippen LogP contribution is -2.54. The van der Waals surface area contributed by atoms with E-state index in [-0.39, 0.29) is 17.8 Å². The van der Waals surface area contributed by atoms with Crippen molar-refractivity contribution in [2.75, 3.05) is 15.6 Å². The summed E-state index contributed by atoms with van der Waals surface area (Å²) in [5.74, 6) is -2.92. The topological polar surface area (TPSA) is 74.8 Å². The molecule has 1 fully saturated rings. The normalized spacial score (nSPS) is 20.9. The van der Waals surface area contributed by atoms with Gasteiger partial charge in [-0.1, -0.05) is 48.0 Å². The number of hydrogen-bond acceptors (Lipinski definition) is 4. The number of para-hydroxylation sites is 1. The van der Waals surface area contributed by atoms with E-state index < -0.39 is 38.1 Å². The van der Waals surface area contributed by atoms with Crippen molar-refractivity contribution in [1.29, 1.82) is 0 Å². The molecule has 1 saturated heterocycles. The quantitative estimate of drug-likeness (QED) is 0.572. The van der Waals surface area contributed by atoms with Crippen molar-refractivity contribution in [2.24, 2.45) is 0 Å². The van der Waals surface area contributed by atoms with Crippen molar-refractivity contribution in [3.63, 3.8) is 0 Å². The number of nitrogens with zero attached hydrogens (tertiary/aromatic N) is 2. The van der Waals surface area contributed by atoms with Crippen molar-refractivity contribution in [1.82, 2.24) is 0 Å². The minimum Gasteiger partial charge on any atom is -0.304 e. The molecule has 0 N–H and O–H groups in total. The molecule has 0 aromatic heterocycles. The Kier molecular flexibility index (Phi) is 4.91. The summed E-state index contributed by atoms with van der Waals surface area (Å²) in [5, 5.41) is 0. The van der Waals surface area contributed by atoms with Gasteiger partial charge in [0, 0.05) is 11.3 Å². The first-order valence-electron chi connectivity index (χ1n) is 10.9. The molecular formula is C26H23FN2O4S. The van der Waals surface area contributed by atoms with Crippen LogP contribution in [0, 0.1) is 26.6 Å². The number of carbonyl (C=O) groups is 2. The van der Waals surface area contributed by atoms with Crippen molar-refractivity contribution in [3.8, 4) is 0 Å². The molecule has 0 aliphatic carbocycles. The highest BCUT2D eigenvalue weighted by Gasteiger charge is 2.69. The monoisotopic (exact) mass is 478 g/mol. The van der Waals surface area contributed by atoms with Crippen LogP contribution in [0.3, 0.4) is 0 Å².